The molecule has 0 aromatic rings. The average molecular weight is 164 g/mol. The fraction of sp³-hybridized carbons (Fsp3) is 0.600. The van der Waals surface area contributed by atoms with Gasteiger partial charge in [-0.15, -0.1) is 0 Å². The number of carbonyl (C=O) groups is 2. The van der Waals surface area contributed by atoms with E-state index in [1.165, 1.54) is 0 Å². The summed E-state index contributed by atoms with van der Waals surface area (Å²) in [5, 5.41) is 16.5. The molecule has 0 saturated heterocycles. The summed E-state index contributed by atoms with van der Waals surface area (Å²) in [4.78, 5) is 28.2. The van der Waals surface area contributed by atoms with Crippen molar-refractivity contribution in [2.75, 3.05) is 6.61 Å². The summed E-state index contributed by atoms with van der Waals surface area (Å²) < 4.78 is 0. The maximum Gasteiger partial charge on any atom is 0.382 e. The van der Waals surface area contributed by atoms with E-state index in [1.54, 1.807) is 6.92 Å². The molecular formula is C5H8O6. The zero-order valence-electron chi connectivity index (χ0n) is 5.81. The molecule has 11 heavy (non-hydrogen) atoms. The van der Waals surface area contributed by atoms with Gasteiger partial charge in [-0.3, -0.25) is 4.89 Å². The van der Waals surface area contributed by atoms with Crippen molar-refractivity contribution >= 4 is 11.9 Å². The molecule has 0 bridgehead atoms. The van der Waals surface area contributed by atoms with E-state index in [9.17, 15) is 9.59 Å². The van der Waals surface area contributed by atoms with Crippen LogP contribution in [-0.4, -0.2) is 34.9 Å². The van der Waals surface area contributed by atoms with Gasteiger partial charge in [0.25, 0.3) is 6.10 Å². The van der Waals surface area contributed by atoms with Gasteiger partial charge >= 0.3 is 11.9 Å². The van der Waals surface area contributed by atoms with Gasteiger partial charge in [-0.1, -0.05) is 0 Å². The fourth-order valence-corrected chi connectivity index (χ4v) is 0.263. The predicted octanol–water partition coefficient (Wildman–Crippen LogP) is -1.07. The third-order valence-corrected chi connectivity index (χ3v) is 0.716. The lowest BCUT2D eigenvalue weighted by molar-refractivity contribution is -0.275. The third-order valence-electron chi connectivity index (χ3n) is 0.716. The first-order valence-electron chi connectivity index (χ1n) is 2.83. The van der Waals surface area contributed by atoms with Gasteiger partial charge in [-0.05, 0) is 6.92 Å². The zero-order valence-corrected chi connectivity index (χ0v) is 5.81. The van der Waals surface area contributed by atoms with E-state index >= 15 is 0 Å². The average Bonchev–Trinajstić information content (AvgIpc) is 1.98. The van der Waals surface area contributed by atoms with Gasteiger partial charge in [-0.25, -0.2) is 9.59 Å². The SMILES string of the molecule is CCOOC(=O)C(O)C(=O)O. The van der Waals surface area contributed by atoms with Crippen LogP contribution in [-0.2, 0) is 19.4 Å². The molecule has 0 rings (SSSR count). The second kappa shape index (κ2) is 4.64. The van der Waals surface area contributed by atoms with Crippen molar-refractivity contribution in [3.05, 3.63) is 0 Å². The molecule has 6 heteroatoms. The minimum atomic E-state index is -2.18. The van der Waals surface area contributed by atoms with Crippen molar-refractivity contribution < 1.29 is 29.6 Å². The molecule has 0 saturated carbocycles. The Bertz CT molecular complexity index is 153. The lowest BCUT2D eigenvalue weighted by Gasteiger charge is -2.02. The van der Waals surface area contributed by atoms with Crippen LogP contribution in [0.3, 0.4) is 0 Å². The minimum absolute atomic E-state index is 0.0953. The molecule has 0 aromatic heterocycles. The molecule has 2 N–H and O–H groups in total. The molecule has 0 spiro atoms. The molecule has 0 aliphatic carbocycles. The Morgan fingerprint density at radius 3 is 2.45 bits per heavy atom. The van der Waals surface area contributed by atoms with E-state index in [2.05, 4.69) is 9.78 Å². The van der Waals surface area contributed by atoms with E-state index in [1.807, 2.05) is 0 Å². The highest BCUT2D eigenvalue weighted by Crippen LogP contribution is 1.89. The number of hydrogen-bond acceptors (Lipinski definition) is 5. The molecule has 1 atom stereocenters. The summed E-state index contributed by atoms with van der Waals surface area (Å²) in [6.45, 7) is 1.64. The van der Waals surface area contributed by atoms with Gasteiger partial charge in [0.1, 0.15) is 0 Å². The normalized spacial score (nSPS) is 12.2. The predicted molar refractivity (Wildman–Crippen MR) is 31.4 cm³/mol. The first kappa shape index (κ1) is 9.86. The molecule has 0 radical (unpaired) electrons. The van der Waals surface area contributed by atoms with Crippen LogP contribution < -0.4 is 0 Å². The molecule has 0 aliphatic rings. The highest BCUT2D eigenvalue weighted by Gasteiger charge is 2.25. The van der Waals surface area contributed by atoms with Gasteiger partial charge < -0.3 is 10.2 Å². The molecule has 1 unspecified atom stereocenters. The number of carboxylic acids is 1. The standard InChI is InChI=1S/C5H8O6/c1-2-10-11-5(9)3(6)4(7)8/h3,6H,2H2,1H3,(H,7,8). The van der Waals surface area contributed by atoms with Crippen LogP contribution in [0, 0.1) is 0 Å². The molecular weight excluding hydrogens is 156 g/mol. The van der Waals surface area contributed by atoms with Crippen molar-refractivity contribution in [2.24, 2.45) is 0 Å². The molecule has 0 aromatic carbocycles. The molecule has 0 heterocycles. The lowest BCUT2D eigenvalue weighted by atomic mass is 10.4. The molecule has 0 aliphatic heterocycles. The molecule has 0 amide bonds. The molecule has 6 nitrogen and oxygen atoms in total. The molecule has 0 fully saturated rings. The highest BCUT2D eigenvalue weighted by molar-refractivity contribution is 5.96. The van der Waals surface area contributed by atoms with Crippen LogP contribution in [0.15, 0.2) is 0 Å². The summed E-state index contributed by atoms with van der Waals surface area (Å²) in [5.74, 6) is -3.01. The number of carbonyl (C=O) groups excluding carboxylic acids is 1. The van der Waals surface area contributed by atoms with Crippen molar-refractivity contribution in [2.45, 2.75) is 13.0 Å². The Balaban J connectivity index is 3.74. The van der Waals surface area contributed by atoms with Gasteiger partial charge in [-0.2, -0.15) is 4.89 Å². The second-order valence-corrected chi connectivity index (χ2v) is 1.55. The van der Waals surface area contributed by atoms with Gasteiger partial charge in [0, 0.05) is 0 Å². The van der Waals surface area contributed by atoms with Crippen molar-refractivity contribution in [3.8, 4) is 0 Å². The monoisotopic (exact) mass is 164 g/mol. The quantitative estimate of drug-likeness (QED) is 0.312. The first-order valence-corrected chi connectivity index (χ1v) is 2.83. The summed E-state index contributed by atoms with van der Waals surface area (Å²) in [6, 6.07) is 0. The number of carboxylic acid groups (broad SMARTS) is 1. The van der Waals surface area contributed by atoms with Crippen LogP contribution in [0.4, 0.5) is 0 Å². The lowest BCUT2D eigenvalue weighted by Crippen LogP contribution is -2.31. The maximum atomic E-state index is 10.4. The second-order valence-electron chi connectivity index (χ2n) is 1.55. The zero-order chi connectivity index (χ0) is 8.85. The summed E-state index contributed by atoms with van der Waals surface area (Å²) in [7, 11) is 0. The van der Waals surface area contributed by atoms with Crippen LogP contribution in [0.1, 0.15) is 6.92 Å². The van der Waals surface area contributed by atoms with Crippen LogP contribution >= 0.6 is 0 Å². The topological polar surface area (TPSA) is 93.1 Å². The first-order chi connectivity index (χ1) is 5.09. The Morgan fingerprint density at radius 2 is 2.09 bits per heavy atom. The number of aliphatic carboxylic acids is 1. The fourth-order valence-electron chi connectivity index (χ4n) is 0.263. The van der Waals surface area contributed by atoms with Crippen LogP contribution in [0.5, 0.6) is 0 Å². The Kier molecular flexibility index (Phi) is 4.16. The molecule has 64 valence electrons. The smallest absolute Gasteiger partial charge is 0.382 e. The Morgan fingerprint density at radius 1 is 1.55 bits per heavy atom. The van der Waals surface area contributed by atoms with E-state index in [4.69, 9.17) is 10.2 Å². The number of aliphatic hydroxyl groups excluding tert-OH is 1. The Labute approximate surface area is 62.3 Å². The minimum Gasteiger partial charge on any atom is -0.479 e. The van der Waals surface area contributed by atoms with Crippen LogP contribution in [0.25, 0.3) is 0 Å². The van der Waals surface area contributed by atoms with E-state index < -0.39 is 18.0 Å². The number of hydrogen-bond donors (Lipinski definition) is 2. The van der Waals surface area contributed by atoms with Gasteiger partial charge in [0.15, 0.2) is 0 Å². The number of rotatable bonds is 4. The van der Waals surface area contributed by atoms with Crippen LogP contribution in [0.2, 0.25) is 0 Å². The summed E-state index contributed by atoms with van der Waals surface area (Å²) in [6.07, 6.45) is -2.18. The Hall–Kier alpha value is -1.14. The maximum absolute atomic E-state index is 10.4. The van der Waals surface area contributed by atoms with Gasteiger partial charge in [0.05, 0.1) is 6.61 Å². The summed E-state index contributed by atoms with van der Waals surface area (Å²) >= 11 is 0. The van der Waals surface area contributed by atoms with E-state index in [-0.39, 0.29) is 6.61 Å². The summed E-state index contributed by atoms with van der Waals surface area (Å²) in [5.41, 5.74) is 0. The third kappa shape index (κ3) is 3.54. The van der Waals surface area contributed by atoms with E-state index in [0.717, 1.165) is 0 Å². The van der Waals surface area contributed by atoms with Crippen molar-refractivity contribution in [1.82, 2.24) is 0 Å². The van der Waals surface area contributed by atoms with Crippen molar-refractivity contribution in [1.29, 1.82) is 0 Å². The van der Waals surface area contributed by atoms with Gasteiger partial charge in [0.2, 0.25) is 0 Å². The largest absolute Gasteiger partial charge is 0.479 e. The number of aliphatic hydroxyl groups is 1. The highest BCUT2D eigenvalue weighted by atomic mass is 17.2. The van der Waals surface area contributed by atoms with E-state index in [0.29, 0.717) is 0 Å². The van der Waals surface area contributed by atoms with Crippen molar-refractivity contribution in [3.63, 3.8) is 0 Å².